The summed E-state index contributed by atoms with van der Waals surface area (Å²) < 4.78 is 2.26. The minimum absolute atomic E-state index is 0.637. The maximum atomic E-state index is 3.67. The summed E-state index contributed by atoms with van der Waals surface area (Å²) in [5.41, 5.74) is 1.21. The van der Waals surface area contributed by atoms with Crippen molar-refractivity contribution in [1.82, 2.24) is 0 Å². The van der Waals surface area contributed by atoms with Crippen molar-refractivity contribution in [3.05, 3.63) is 27.1 Å². The first kappa shape index (κ1) is 14.4. The third kappa shape index (κ3) is 3.74. The Morgan fingerprint density at radius 3 is 2.33 bits per heavy atom. The summed E-state index contributed by atoms with van der Waals surface area (Å²) in [5, 5.41) is 3.67. The van der Waals surface area contributed by atoms with Gasteiger partial charge in [-0.05, 0) is 71.6 Å². The number of halogens is 2. The zero-order chi connectivity index (χ0) is 13.1. The smallest absolute Gasteiger partial charge is 0.0487 e. The van der Waals surface area contributed by atoms with Crippen LogP contribution in [0.2, 0.25) is 0 Å². The molecule has 0 radical (unpaired) electrons. The fraction of sp³-hybridized carbons (Fsp3) is 0.600. The van der Waals surface area contributed by atoms with Gasteiger partial charge in [-0.3, -0.25) is 0 Å². The number of hydrogen-bond donors (Lipinski definition) is 1. The third-order valence-corrected chi connectivity index (χ3v) is 5.15. The molecule has 1 fully saturated rings. The lowest BCUT2D eigenvalue weighted by Gasteiger charge is -2.32. The third-order valence-electron chi connectivity index (χ3n) is 4.01. The summed E-state index contributed by atoms with van der Waals surface area (Å²) in [5.74, 6) is 1.77. The zero-order valence-corrected chi connectivity index (χ0v) is 14.2. The van der Waals surface area contributed by atoms with Crippen molar-refractivity contribution in [3.8, 4) is 0 Å². The maximum Gasteiger partial charge on any atom is 0.0487 e. The Labute approximate surface area is 127 Å². The Bertz CT molecular complexity index is 395. The van der Waals surface area contributed by atoms with Crippen LogP contribution < -0.4 is 5.32 Å². The Balaban J connectivity index is 1.91. The van der Waals surface area contributed by atoms with Crippen molar-refractivity contribution in [2.45, 2.75) is 45.6 Å². The van der Waals surface area contributed by atoms with Crippen LogP contribution in [0, 0.1) is 11.8 Å². The van der Waals surface area contributed by atoms with Gasteiger partial charge in [0, 0.05) is 20.7 Å². The predicted molar refractivity (Wildman–Crippen MR) is 86.0 cm³/mol. The molecule has 0 saturated heterocycles. The molecule has 0 spiro atoms. The van der Waals surface area contributed by atoms with Gasteiger partial charge in [-0.2, -0.15) is 0 Å². The van der Waals surface area contributed by atoms with E-state index in [1.807, 2.05) is 0 Å². The van der Waals surface area contributed by atoms with Crippen molar-refractivity contribution in [2.75, 3.05) is 5.32 Å². The number of anilines is 1. The van der Waals surface area contributed by atoms with E-state index in [1.165, 1.54) is 31.4 Å². The van der Waals surface area contributed by atoms with Gasteiger partial charge in [-0.15, -0.1) is 0 Å². The second-order valence-electron chi connectivity index (χ2n) is 5.62. The van der Waals surface area contributed by atoms with Crippen molar-refractivity contribution in [3.63, 3.8) is 0 Å². The fourth-order valence-corrected chi connectivity index (χ4v) is 3.92. The van der Waals surface area contributed by atoms with E-state index in [2.05, 4.69) is 69.2 Å². The second-order valence-corrected chi connectivity index (χ2v) is 7.39. The molecule has 0 aliphatic heterocycles. The lowest BCUT2D eigenvalue weighted by molar-refractivity contribution is 0.267. The fourth-order valence-electron chi connectivity index (χ4n) is 2.76. The minimum Gasteiger partial charge on any atom is -0.381 e. The Hall–Kier alpha value is -0.0200. The van der Waals surface area contributed by atoms with Crippen LogP contribution in [0.3, 0.4) is 0 Å². The van der Waals surface area contributed by atoms with Crippen LogP contribution in [-0.2, 0) is 0 Å². The Morgan fingerprint density at radius 1 is 1.11 bits per heavy atom. The molecule has 1 saturated carbocycles. The highest BCUT2D eigenvalue weighted by Crippen LogP contribution is 2.33. The summed E-state index contributed by atoms with van der Waals surface area (Å²) in [6.07, 6.45) is 5.32. The van der Waals surface area contributed by atoms with Crippen LogP contribution in [0.5, 0.6) is 0 Å². The van der Waals surface area contributed by atoms with Gasteiger partial charge >= 0.3 is 0 Å². The topological polar surface area (TPSA) is 12.0 Å². The standard InChI is InChI=1S/C15H21Br2N/c1-10(2)11-3-6-13(7-4-11)18-15-8-5-12(16)9-14(15)17/h5,8-11,13,18H,3-4,6-7H2,1-2H3. The van der Waals surface area contributed by atoms with Crippen LogP contribution >= 0.6 is 31.9 Å². The number of rotatable bonds is 3. The molecule has 0 unspecified atom stereocenters. The average molecular weight is 375 g/mol. The van der Waals surface area contributed by atoms with Crippen molar-refractivity contribution in [1.29, 1.82) is 0 Å². The van der Waals surface area contributed by atoms with Gasteiger partial charge in [-0.1, -0.05) is 29.8 Å². The lowest BCUT2D eigenvalue weighted by atomic mass is 9.79. The van der Waals surface area contributed by atoms with E-state index >= 15 is 0 Å². The van der Waals surface area contributed by atoms with E-state index in [1.54, 1.807) is 0 Å². The SMILES string of the molecule is CC(C)C1CCC(Nc2ccc(Br)cc2Br)CC1. The molecule has 0 heterocycles. The Kier molecular flexibility index (Phi) is 5.14. The molecule has 18 heavy (non-hydrogen) atoms. The molecule has 0 aromatic heterocycles. The zero-order valence-electron chi connectivity index (χ0n) is 11.0. The number of benzene rings is 1. The molecule has 0 bridgehead atoms. The van der Waals surface area contributed by atoms with Gasteiger partial charge in [0.15, 0.2) is 0 Å². The van der Waals surface area contributed by atoms with E-state index in [0.717, 1.165) is 20.8 Å². The molecule has 1 aliphatic rings. The van der Waals surface area contributed by atoms with Crippen molar-refractivity contribution < 1.29 is 0 Å². The van der Waals surface area contributed by atoms with E-state index < -0.39 is 0 Å². The summed E-state index contributed by atoms with van der Waals surface area (Å²) in [7, 11) is 0. The highest BCUT2D eigenvalue weighted by molar-refractivity contribution is 9.11. The number of hydrogen-bond acceptors (Lipinski definition) is 1. The molecule has 1 aromatic carbocycles. The first-order valence-electron chi connectivity index (χ1n) is 6.78. The molecule has 2 rings (SSSR count). The average Bonchev–Trinajstić information content (AvgIpc) is 2.33. The largest absolute Gasteiger partial charge is 0.381 e. The molecule has 0 amide bonds. The molecule has 1 nitrogen and oxygen atoms in total. The predicted octanol–water partition coefficient (Wildman–Crippen LogP) is 5.84. The maximum absolute atomic E-state index is 3.67. The Morgan fingerprint density at radius 2 is 1.78 bits per heavy atom. The molecule has 1 aliphatic carbocycles. The second kappa shape index (κ2) is 6.42. The van der Waals surface area contributed by atoms with Crippen LogP contribution in [0.4, 0.5) is 5.69 Å². The van der Waals surface area contributed by atoms with E-state index in [9.17, 15) is 0 Å². The molecule has 3 heteroatoms. The van der Waals surface area contributed by atoms with Gasteiger partial charge in [-0.25, -0.2) is 0 Å². The molecular formula is C15H21Br2N. The molecule has 1 N–H and O–H groups in total. The lowest BCUT2D eigenvalue weighted by Crippen LogP contribution is -2.28. The highest BCUT2D eigenvalue weighted by Gasteiger charge is 2.23. The van der Waals surface area contributed by atoms with Crippen molar-refractivity contribution >= 4 is 37.5 Å². The first-order valence-corrected chi connectivity index (χ1v) is 8.36. The van der Waals surface area contributed by atoms with Crippen LogP contribution in [0.25, 0.3) is 0 Å². The molecule has 100 valence electrons. The first-order chi connectivity index (χ1) is 8.56. The normalized spacial score (nSPS) is 24.3. The molecule has 0 atom stereocenters. The van der Waals surface area contributed by atoms with Crippen LogP contribution in [0.15, 0.2) is 27.1 Å². The van der Waals surface area contributed by atoms with E-state index in [4.69, 9.17) is 0 Å². The summed E-state index contributed by atoms with van der Waals surface area (Å²) in [4.78, 5) is 0. The quantitative estimate of drug-likeness (QED) is 0.700. The van der Waals surface area contributed by atoms with E-state index in [-0.39, 0.29) is 0 Å². The summed E-state index contributed by atoms with van der Waals surface area (Å²) >= 11 is 7.10. The van der Waals surface area contributed by atoms with E-state index in [0.29, 0.717) is 6.04 Å². The van der Waals surface area contributed by atoms with Crippen LogP contribution in [0.1, 0.15) is 39.5 Å². The molecular weight excluding hydrogens is 354 g/mol. The highest BCUT2D eigenvalue weighted by atomic mass is 79.9. The summed E-state index contributed by atoms with van der Waals surface area (Å²) in [6, 6.07) is 6.97. The minimum atomic E-state index is 0.637. The van der Waals surface area contributed by atoms with Gasteiger partial charge in [0.05, 0.1) is 0 Å². The summed E-state index contributed by atoms with van der Waals surface area (Å²) in [6.45, 7) is 4.70. The van der Waals surface area contributed by atoms with Gasteiger partial charge in [0.2, 0.25) is 0 Å². The molecule has 1 aromatic rings. The van der Waals surface area contributed by atoms with Gasteiger partial charge in [0.25, 0.3) is 0 Å². The van der Waals surface area contributed by atoms with Crippen molar-refractivity contribution in [2.24, 2.45) is 11.8 Å². The van der Waals surface area contributed by atoms with Gasteiger partial charge < -0.3 is 5.32 Å². The van der Waals surface area contributed by atoms with Gasteiger partial charge in [0.1, 0.15) is 0 Å². The number of nitrogens with one attached hydrogen (secondary N) is 1. The monoisotopic (exact) mass is 373 g/mol. The van der Waals surface area contributed by atoms with Crippen LogP contribution in [-0.4, -0.2) is 6.04 Å².